The van der Waals surface area contributed by atoms with Crippen LogP contribution < -0.4 is 5.32 Å². The first-order chi connectivity index (χ1) is 14.7. The van der Waals surface area contributed by atoms with E-state index in [0.29, 0.717) is 17.9 Å². The van der Waals surface area contributed by atoms with Crippen LogP contribution in [0.3, 0.4) is 0 Å². The smallest absolute Gasteiger partial charge is 0.242 e. The zero-order valence-corrected chi connectivity index (χ0v) is 19.3. The van der Waals surface area contributed by atoms with Crippen molar-refractivity contribution in [2.75, 3.05) is 0 Å². The highest BCUT2D eigenvalue weighted by Crippen LogP contribution is 2.18. The fourth-order valence-electron chi connectivity index (χ4n) is 3.32. The minimum Gasteiger partial charge on any atom is -0.352 e. The summed E-state index contributed by atoms with van der Waals surface area (Å²) in [4.78, 5) is 27.3. The Hall–Kier alpha value is -2.69. The highest BCUT2D eigenvalue weighted by Gasteiger charge is 2.27. The van der Waals surface area contributed by atoms with Crippen LogP contribution in [0.15, 0.2) is 48.5 Å². The minimum absolute atomic E-state index is 0.0137. The molecular formula is C26H35FN2O2. The van der Waals surface area contributed by atoms with Gasteiger partial charge in [-0.1, -0.05) is 63.2 Å². The van der Waals surface area contributed by atoms with Gasteiger partial charge in [0.15, 0.2) is 0 Å². The van der Waals surface area contributed by atoms with Gasteiger partial charge in [0.2, 0.25) is 11.8 Å². The molecule has 0 spiro atoms. The molecule has 0 bridgehead atoms. The molecule has 31 heavy (non-hydrogen) atoms. The Morgan fingerprint density at radius 2 is 1.65 bits per heavy atom. The van der Waals surface area contributed by atoms with Gasteiger partial charge >= 0.3 is 0 Å². The molecule has 0 radical (unpaired) electrons. The second-order valence-electron chi connectivity index (χ2n) is 8.50. The Bertz CT molecular complexity index is 864. The molecule has 168 valence electrons. The molecule has 2 amide bonds. The number of nitrogens with zero attached hydrogens (tertiary/aromatic N) is 1. The van der Waals surface area contributed by atoms with E-state index in [2.05, 4.69) is 31.3 Å². The molecule has 0 fully saturated rings. The van der Waals surface area contributed by atoms with Gasteiger partial charge in [0.05, 0.1) is 0 Å². The number of hydrogen-bond donors (Lipinski definition) is 1. The number of hydrogen-bond acceptors (Lipinski definition) is 2. The van der Waals surface area contributed by atoms with E-state index in [-0.39, 0.29) is 36.6 Å². The molecule has 4 nitrogen and oxygen atoms in total. The fourth-order valence-corrected chi connectivity index (χ4v) is 3.32. The predicted molar refractivity (Wildman–Crippen MR) is 123 cm³/mol. The predicted octanol–water partition coefficient (Wildman–Crippen LogP) is 5.21. The zero-order valence-electron chi connectivity index (χ0n) is 19.3. The topological polar surface area (TPSA) is 49.4 Å². The monoisotopic (exact) mass is 426 g/mol. The summed E-state index contributed by atoms with van der Waals surface area (Å²) in [5, 5.41) is 2.93. The summed E-state index contributed by atoms with van der Waals surface area (Å²) in [5.41, 5.74) is 2.73. The van der Waals surface area contributed by atoms with Crippen LogP contribution in [-0.2, 0) is 22.6 Å². The zero-order chi connectivity index (χ0) is 23.0. The number of halogens is 1. The number of carbonyl (C=O) groups excluding carboxylic acids is 2. The highest BCUT2D eigenvalue weighted by atomic mass is 19.1. The average molecular weight is 427 g/mol. The maximum absolute atomic E-state index is 14.3. The van der Waals surface area contributed by atoms with Gasteiger partial charge in [-0.05, 0) is 49.8 Å². The lowest BCUT2D eigenvalue weighted by Gasteiger charge is -2.30. The van der Waals surface area contributed by atoms with E-state index in [9.17, 15) is 14.0 Å². The normalized spacial score (nSPS) is 13.0. The van der Waals surface area contributed by atoms with Gasteiger partial charge in [0.25, 0.3) is 0 Å². The van der Waals surface area contributed by atoms with E-state index < -0.39 is 6.04 Å². The van der Waals surface area contributed by atoms with Crippen molar-refractivity contribution in [2.45, 2.75) is 78.4 Å². The van der Waals surface area contributed by atoms with Crippen molar-refractivity contribution in [3.8, 4) is 0 Å². The average Bonchev–Trinajstić information content (AvgIpc) is 2.76. The molecule has 2 aromatic rings. The molecule has 1 N–H and O–H groups in total. The summed E-state index contributed by atoms with van der Waals surface area (Å²) in [6.45, 7) is 9.97. The third-order valence-corrected chi connectivity index (χ3v) is 5.74. The van der Waals surface area contributed by atoms with Gasteiger partial charge in [-0.3, -0.25) is 9.59 Å². The summed E-state index contributed by atoms with van der Waals surface area (Å²) in [6.07, 6.45) is 1.63. The van der Waals surface area contributed by atoms with Gasteiger partial charge in [0.1, 0.15) is 11.9 Å². The van der Waals surface area contributed by atoms with Crippen LogP contribution in [0, 0.1) is 5.82 Å². The molecule has 2 rings (SSSR count). The van der Waals surface area contributed by atoms with E-state index in [1.807, 2.05) is 26.0 Å². The lowest BCUT2D eigenvalue weighted by Crippen LogP contribution is -2.49. The Morgan fingerprint density at radius 1 is 1.00 bits per heavy atom. The summed E-state index contributed by atoms with van der Waals surface area (Å²) >= 11 is 0. The summed E-state index contributed by atoms with van der Waals surface area (Å²) < 4.78 is 14.3. The van der Waals surface area contributed by atoms with Crippen molar-refractivity contribution >= 4 is 11.8 Å². The molecule has 0 saturated carbocycles. The van der Waals surface area contributed by atoms with E-state index in [0.717, 1.165) is 12.0 Å². The standard InChI is InChI=1S/C26H35FN2O2/c1-6-19(4)28-26(31)20(5)29(17-23-9-7-8-10-24(23)27)25(30)16-13-21-11-14-22(15-12-21)18(2)3/h7-12,14-15,18-20H,6,13,16-17H2,1-5H3,(H,28,31). The highest BCUT2D eigenvalue weighted by molar-refractivity contribution is 5.87. The van der Waals surface area contributed by atoms with Crippen molar-refractivity contribution in [2.24, 2.45) is 0 Å². The van der Waals surface area contributed by atoms with Gasteiger partial charge < -0.3 is 10.2 Å². The van der Waals surface area contributed by atoms with E-state index >= 15 is 0 Å². The molecule has 0 heterocycles. The van der Waals surface area contributed by atoms with Crippen LogP contribution in [0.4, 0.5) is 4.39 Å². The fraction of sp³-hybridized carbons (Fsp3) is 0.462. The van der Waals surface area contributed by atoms with Crippen LogP contribution in [0.1, 0.15) is 70.1 Å². The lowest BCUT2D eigenvalue weighted by molar-refractivity contribution is -0.140. The molecule has 0 aliphatic rings. The molecule has 2 unspecified atom stereocenters. The first kappa shape index (κ1) is 24.6. The van der Waals surface area contributed by atoms with Gasteiger partial charge in [-0.25, -0.2) is 4.39 Å². The number of carbonyl (C=O) groups is 2. The van der Waals surface area contributed by atoms with E-state index in [4.69, 9.17) is 0 Å². The van der Waals surface area contributed by atoms with Gasteiger partial charge in [-0.2, -0.15) is 0 Å². The molecule has 0 aromatic heterocycles. The van der Waals surface area contributed by atoms with Crippen LogP contribution in [0.5, 0.6) is 0 Å². The number of nitrogens with one attached hydrogen (secondary N) is 1. The Balaban J connectivity index is 2.14. The third kappa shape index (κ3) is 7.20. The Kier molecular flexibility index (Phi) is 9.22. The first-order valence-electron chi connectivity index (χ1n) is 11.1. The second-order valence-corrected chi connectivity index (χ2v) is 8.50. The summed E-state index contributed by atoms with van der Waals surface area (Å²) in [6, 6.07) is 14.0. The number of amides is 2. The van der Waals surface area contributed by atoms with Gasteiger partial charge in [-0.15, -0.1) is 0 Å². The maximum Gasteiger partial charge on any atom is 0.242 e. The first-order valence-corrected chi connectivity index (χ1v) is 11.1. The Labute approximate surface area is 185 Å². The molecule has 0 saturated heterocycles. The molecule has 0 aliphatic heterocycles. The molecule has 2 atom stereocenters. The molecular weight excluding hydrogens is 391 g/mol. The van der Waals surface area contributed by atoms with Crippen molar-refractivity contribution in [3.63, 3.8) is 0 Å². The number of rotatable bonds is 10. The number of benzene rings is 2. The van der Waals surface area contributed by atoms with Crippen LogP contribution in [-0.4, -0.2) is 28.8 Å². The molecule has 0 aliphatic carbocycles. The lowest BCUT2D eigenvalue weighted by atomic mass is 10.00. The van der Waals surface area contributed by atoms with Crippen LogP contribution >= 0.6 is 0 Å². The third-order valence-electron chi connectivity index (χ3n) is 5.74. The number of aryl methyl sites for hydroxylation is 1. The molecule has 5 heteroatoms. The van der Waals surface area contributed by atoms with Crippen molar-refractivity contribution in [1.29, 1.82) is 0 Å². The van der Waals surface area contributed by atoms with Crippen molar-refractivity contribution in [3.05, 3.63) is 71.0 Å². The maximum atomic E-state index is 14.3. The minimum atomic E-state index is -0.690. The van der Waals surface area contributed by atoms with Crippen LogP contribution in [0.25, 0.3) is 0 Å². The summed E-state index contributed by atoms with van der Waals surface area (Å²) in [5.74, 6) is -0.306. The van der Waals surface area contributed by atoms with Gasteiger partial charge in [0, 0.05) is 24.6 Å². The SMILES string of the molecule is CCC(C)NC(=O)C(C)N(Cc1ccccc1F)C(=O)CCc1ccc(C(C)C)cc1. The van der Waals surface area contributed by atoms with Crippen molar-refractivity contribution in [1.82, 2.24) is 10.2 Å². The van der Waals surface area contributed by atoms with E-state index in [1.54, 1.807) is 25.1 Å². The Morgan fingerprint density at radius 3 is 2.23 bits per heavy atom. The molecule has 2 aromatic carbocycles. The van der Waals surface area contributed by atoms with Crippen molar-refractivity contribution < 1.29 is 14.0 Å². The quantitative estimate of drug-likeness (QED) is 0.567. The van der Waals surface area contributed by atoms with Crippen LogP contribution in [0.2, 0.25) is 0 Å². The largest absolute Gasteiger partial charge is 0.352 e. The van der Waals surface area contributed by atoms with E-state index in [1.165, 1.54) is 16.5 Å². The summed E-state index contributed by atoms with van der Waals surface area (Å²) in [7, 11) is 0. The second kappa shape index (κ2) is 11.6.